The molecular weight excluding hydrogens is 332 g/mol. The van der Waals surface area contributed by atoms with Crippen molar-refractivity contribution in [3.05, 3.63) is 20.8 Å². The van der Waals surface area contributed by atoms with Crippen LogP contribution in [-0.2, 0) is 11.2 Å². The molecule has 0 unspecified atom stereocenters. The zero-order valence-corrected chi connectivity index (χ0v) is 13.2. The molecule has 0 bridgehead atoms. The summed E-state index contributed by atoms with van der Waals surface area (Å²) in [6.07, 6.45) is 0.640. The molecule has 0 aromatic carbocycles. The van der Waals surface area contributed by atoms with Gasteiger partial charge in [0.1, 0.15) is 0 Å². The number of rotatable bonds is 6. The largest absolute Gasteiger partial charge is 0.481 e. The van der Waals surface area contributed by atoms with Crippen molar-refractivity contribution in [2.75, 3.05) is 6.54 Å². The Bertz CT molecular complexity index is 460. The molecule has 3 N–H and O–H groups in total. The number of hydrogen-bond donors (Lipinski definition) is 3. The highest BCUT2D eigenvalue weighted by molar-refractivity contribution is 9.11. The molecule has 0 fully saturated rings. The van der Waals surface area contributed by atoms with Crippen LogP contribution in [0.1, 0.15) is 25.1 Å². The van der Waals surface area contributed by atoms with Gasteiger partial charge in [-0.3, -0.25) is 4.79 Å². The van der Waals surface area contributed by atoms with Crippen LogP contribution >= 0.6 is 27.3 Å². The molecule has 0 aliphatic rings. The third-order valence-corrected chi connectivity index (χ3v) is 4.01. The van der Waals surface area contributed by atoms with E-state index in [1.54, 1.807) is 25.2 Å². The lowest BCUT2D eigenvalue weighted by Crippen LogP contribution is -2.49. The highest BCUT2D eigenvalue weighted by Crippen LogP contribution is 2.22. The van der Waals surface area contributed by atoms with Gasteiger partial charge >= 0.3 is 12.0 Å². The Labute approximate surface area is 124 Å². The van der Waals surface area contributed by atoms with E-state index in [4.69, 9.17) is 5.11 Å². The average molecular weight is 349 g/mol. The number of carboxylic acid groups (broad SMARTS) is 1. The number of thiophene rings is 1. The highest BCUT2D eigenvalue weighted by Gasteiger charge is 2.23. The van der Waals surface area contributed by atoms with Crippen LogP contribution in [0, 0.1) is 0 Å². The summed E-state index contributed by atoms with van der Waals surface area (Å²) in [4.78, 5) is 23.4. The van der Waals surface area contributed by atoms with Gasteiger partial charge in [-0.1, -0.05) is 0 Å². The molecule has 1 rings (SSSR count). The molecule has 5 nitrogen and oxygen atoms in total. The first kappa shape index (κ1) is 16.0. The Balaban J connectivity index is 2.29. The maximum atomic E-state index is 11.6. The van der Waals surface area contributed by atoms with Crippen molar-refractivity contribution in [3.63, 3.8) is 0 Å². The predicted molar refractivity (Wildman–Crippen MR) is 78.6 cm³/mol. The number of carbonyl (C=O) groups excluding carboxylic acids is 1. The first-order valence-corrected chi connectivity index (χ1v) is 7.41. The number of amides is 2. The van der Waals surface area contributed by atoms with Crippen LogP contribution in [0.25, 0.3) is 0 Å². The molecular formula is C12H17BrN2O3S. The summed E-state index contributed by atoms with van der Waals surface area (Å²) in [7, 11) is 0. The van der Waals surface area contributed by atoms with E-state index in [1.165, 1.54) is 4.88 Å². The Morgan fingerprint density at radius 3 is 2.63 bits per heavy atom. The van der Waals surface area contributed by atoms with Gasteiger partial charge < -0.3 is 15.7 Å². The second-order valence-electron chi connectivity index (χ2n) is 4.79. The zero-order valence-electron chi connectivity index (χ0n) is 10.8. The lowest BCUT2D eigenvalue weighted by Gasteiger charge is -2.24. The van der Waals surface area contributed by atoms with Crippen molar-refractivity contribution in [2.45, 2.75) is 32.2 Å². The Morgan fingerprint density at radius 1 is 1.42 bits per heavy atom. The second kappa shape index (κ2) is 6.91. The van der Waals surface area contributed by atoms with Gasteiger partial charge in [0.25, 0.3) is 0 Å². The van der Waals surface area contributed by atoms with Gasteiger partial charge in [0.2, 0.25) is 0 Å². The van der Waals surface area contributed by atoms with Crippen molar-refractivity contribution in [1.29, 1.82) is 0 Å². The van der Waals surface area contributed by atoms with Gasteiger partial charge in [0, 0.05) is 17.0 Å². The molecule has 1 aromatic rings. The minimum absolute atomic E-state index is 0.113. The fraction of sp³-hybridized carbons (Fsp3) is 0.500. The number of carboxylic acids is 1. The predicted octanol–water partition coefficient (Wildman–Crippen LogP) is 2.61. The third-order valence-electron chi connectivity index (χ3n) is 2.33. The van der Waals surface area contributed by atoms with Crippen LogP contribution in [0.15, 0.2) is 15.9 Å². The van der Waals surface area contributed by atoms with E-state index < -0.39 is 11.5 Å². The highest BCUT2D eigenvalue weighted by atomic mass is 79.9. The summed E-state index contributed by atoms with van der Waals surface area (Å²) in [5, 5.41) is 14.1. The van der Waals surface area contributed by atoms with Crippen molar-refractivity contribution < 1.29 is 14.7 Å². The van der Waals surface area contributed by atoms with Crippen LogP contribution in [0.5, 0.6) is 0 Å². The summed E-state index contributed by atoms with van der Waals surface area (Å²) in [5.74, 6) is -0.936. The fourth-order valence-electron chi connectivity index (χ4n) is 1.56. The van der Waals surface area contributed by atoms with E-state index in [0.717, 1.165) is 10.2 Å². The number of aliphatic carboxylic acids is 1. The SMILES string of the molecule is CC(C)(CC(=O)O)NC(=O)NCCc1ccc(Br)s1. The third kappa shape index (κ3) is 6.58. The molecule has 0 atom stereocenters. The zero-order chi connectivity index (χ0) is 14.5. The Kier molecular flexibility index (Phi) is 5.81. The number of halogens is 1. The molecule has 1 heterocycles. The topological polar surface area (TPSA) is 78.4 Å². The summed E-state index contributed by atoms with van der Waals surface area (Å²) in [6.45, 7) is 3.87. The van der Waals surface area contributed by atoms with E-state index in [-0.39, 0.29) is 12.5 Å². The quantitative estimate of drug-likeness (QED) is 0.739. The standard InChI is InChI=1S/C12H17BrN2O3S/c1-12(2,7-10(16)17)15-11(18)14-6-5-8-3-4-9(13)19-8/h3-4H,5-7H2,1-2H3,(H,16,17)(H2,14,15,18). The van der Waals surface area contributed by atoms with E-state index >= 15 is 0 Å². The summed E-state index contributed by atoms with van der Waals surface area (Å²) in [5.41, 5.74) is -0.762. The molecule has 7 heteroatoms. The molecule has 2 amide bonds. The fourth-order valence-corrected chi connectivity index (χ4v) is 3.04. The molecule has 0 aliphatic heterocycles. The van der Waals surface area contributed by atoms with E-state index in [2.05, 4.69) is 26.6 Å². The summed E-state index contributed by atoms with van der Waals surface area (Å²) < 4.78 is 1.06. The number of urea groups is 1. The normalized spacial score (nSPS) is 11.1. The summed E-state index contributed by atoms with van der Waals surface area (Å²) in [6, 6.07) is 3.63. The molecule has 106 valence electrons. The monoisotopic (exact) mass is 348 g/mol. The van der Waals surface area contributed by atoms with Crippen molar-refractivity contribution in [2.24, 2.45) is 0 Å². The van der Waals surface area contributed by atoms with Gasteiger partial charge in [-0.05, 0) is 48.3 Å². The first-order chi connectivity index (χ1) is 8.78. The molecule has 0 saturated carbocycles. The van der Waals surface area contributed by atoms with Crippen molar-refractivity contribution >= 4 is 39.3 Å². The number of nitrogens with one attached hydrogen (secondary N) is 2. The molecule has 0 spiro atoms. The molecule has 1 aromatic heterocycles. The van der Waals surface area contributed by atoms with E-state index in [1.807, 2.05) is 12.1 Å². The van der Waals surface area contributed by atoms with Crippen molar-refractivity contribution in [3.8, 4) is 0 Å². The van der Waals surface area contributed by atoms with E-state index in [9.17, 15) is 9.59 Å². The first-order valence-electron chi connectivity index (χ1n) is 5.80. The average Bonchev–Trinajstić information content (AvgIpc) is 2.61. The van der Waals surface area contributed by atoms with Crippen LogP contribution in [-0.4, -0.2) is 29.2 Å². The smallest absolute Gasteiger partial charge is 0.315 e. The van der Waals surface area contributed by atoms with Gasteiger partial charge in [0.15, 0.2) is 0 Å². The maximum Gasteiger partial charge on any atom is 0.315 e. The lowest BCUT2D eigenvalue weighted by molar-refractivity contribution is -0.138. The Hall–Kier alpha value is -1.08. The van der Waals surface area contributed by atoms with Crippen LogP contribution < -0.4 is 10.6 Å². The molecule has 0 saturated heterocycles. The van der Waals surface area contributed by atoms with Gasteiger partial charge in [-0.15, -0.1) is 11.3 Å². The number of hydrogen-bond acceptors (Lipinski definition) is 3. The van der Waals surface area contributed by atoms with E-state index in [0.29, 0.717) is 6.54 Å². The van der Waals surface area contributed by atoms with Gasteiger partial charge in [-0.2, -0.15) is 0 Å². The molecule has 19 heavy (non-hydrogen) atoms. The van der Waals surface area contributed by atoms with Gasteiger partial charge in [-0.25, -0.2) is 4.79 Å². The van der Waals surface area contributed by atoms with Crippen LogP contribution in [0.2, 0.25) is 0 Å². The van der Waals surface area contributed by atoms with Crippen LogP contribution in [0.3, 0.4) is 0 Å². The summed E-state index contributed by atoms with van der Waals surface area (Å²) >= 11 is 5.01. The maximum absolute atomic E-state index is 11.6. The minimum atomic E-state index is -0.936. The number of carbonyl (C=O) groups is 2. The Morgan fingerprint density at radius 2 is 2.11 bits per heavy atom. The van der Waals surface area contributed by atoms with Crippen LogP contribution in [0.4, 0.5) is 4.79 Å². The lowest BCUT2D eigenvalue weighted by atomic mass is 10.0. The second-order valence-corrected chi connectivity index (χ2v) is 7.34. The van der Waals surface area contributed by atoms with Gasteiger partial charge in [0.05, 0.1) is 10.2 Å². The minimum Gasteiger partial charge on any atom is -0.481 e. The molecule has 0 radical (unpaired) electrons. The molecule has 0 aliphatic carbocycles. The van der Waals surface area contributed by atoms with Crippen molar-refractivity contribution in [1.82, 2.24) is 10.6 Å².